The Bertz CT molecular complexity index is 407. The number of hydrogen-bond donors (Lipinski definition) is 1. The van der Waals surface area contributed by atoms with Crippen LogP contribution in [0, 0.1) is 0 Å². The number of hydrogen-bond acceptors (Lipinski definition) is 3. The predicted molar refractivity (Wildman–Crippen MR) is 78.4 cm³/mol. The molecule has 1 N–H and O–H groups in total. The van der Waals surface area contributed by atoms with E-state index in [0.29, 0.717) is 6.04 Å². The minimum absolute atomic E-state index is 0.0674. The van der Waals surface area contributed by atoms with E-state index in [1.807, 2.05) is 6.07 Å². The number of ether oxygens (including phenoxy) is 1. The lowest BCUT2D eigenvalue weighted by Crippen LogP contribution is -2.46. The van der Waals surface area contributed by atoms with Crippen LogP contribution in [0.1, 0.15) is 45.1 Å². The van der Waals surface area contributed by atoms with Crippen molar-refractivity contribution in [2.75, 3.05) is 6.61 Å². The average molecular weight is 283 g/mol. The maximum Gasteiger partial charge on any atom is 0.0692 e. The van der Waals surface area contributed by atoms with Crippen LogP contribution in [0.5, 0.6) is 0 Å². The second-order valence-corrected chi connectivity index (χ2v) is 5.68. The maximum absolute atomic E-state index is 6.13. The molecule has 1 atom stereocenters. The zero-order valence-corrected chi connectivity index (χ0v) is 12.5. The quantitative estimate of drug-likeness (QED) is 0.897. The summed E-state index contributed by atoms with van der Waals surface area (Å²) < 4.78 is 5.99. The molecular weight excluding hydrogens is 260 g/mol. The first-order valence-electron chi connectivity index (χ1n) is 7.15. The maximum atomic E-state index is 6.13. The van der Waals surface area contributed by atoms with E-state index in [9.17, 15) is 0 Å². The van der Waals surface area contributed by atoms with Gasteiger partial charge in [-0.2, -0.15) is 0 Å². The molecule has 1 saturated heterocycles. The van der Waals surface area contributed by atoms with Crippen molar-refractivity contribution in [1.29, 1.82) is 0 Å². The molecule has 0 spiro atoms. The molecule has 1 fully saturated rings. The van der Waals surface area contributed by atoms with E-state index in [2.05, 4.69) is 24.1 Å². The summed E-state index contributed by atoms with van der Waals surface area (Å²) in [6, 6.07) is 2.49. The van der Waals surface area contributed by atoms with Crippen LogP contribution in [0.15, 0.2) is 18.5 Å². The second-order valence-electron chi connectivity index (χ2n) is 5.28. The molecular formula is C15H23ClN2O. The fraction of sp³-hybridized carbons (Fsp3) is 0.667. The zero-order chi connectivity index (χ0) is 13.7. The van der Waals surface area contributed by atoms with Crippen molar-refractivity contribution < 1.29 is 4.74 Å². The molecule has 4 heteroatoms. The van der Waals surface area contributed by atoms with Gasteiger partial charge < -0.3 is 10.1 Å². The van der Waals surface area contributed by atoms with Gasteiger partial charge in [0.1, 0.15) is 0 Å². The van der Waals surface area contributed by atoms with E-state index in [4.69, 9.17) is 16.3 Å². The Labute approximate surface area is 120 Å². The van der Waals surface area contributed by atoms with Gasteiger partial charge >= 0.3 is 0 Å². The molecule has 0 amide bonds. The van der Waals surface area contributed by atoms with E-state index in [1.165, 1.54) is 0 Å². The lowest BCUT2D eigenvalue weighted by molar-refractivity contribution is -0.0932. The molecule has 0 bridgehead atoms. The van der Waals surface area contributed by atoms with Crippen LogP contribution in [0.25, 0.3) is 0 Å². The molecule has 1 unspecified atom stereocenters. The summed E-state index contributed by atoms with van der Waals surface area (Å²) in [5.74, 6) is 0. The molecule has 1 aromatic rings. The van der Waals surface area contributed by atoms with E-state index in [-0.39, 0.29) is 5.60 Å². The summed E-state index contributed by atoms with van der Waals surface area (Å²) in [6.45, 7) is 6.08. The standard InChI is InChI=1S/C15H23ClN2O/c1-3-15(4-2)9-13(6-8-19-15)18-10-12-5-7-17-11-14(12)16/h5,7,11,13,18H,3-4,6,8-10H2,1-2H3. The Morgan fingerprint density at radius 2 is 2.26 bits per heavy atom. The molecule has 1 aliphatic rings. The minimum atomic E-state index is 0.0674. The van der Waals surface area contributed by atoms with Crippen molar-refractivity contribution in [1.82, 2.24) is 10.3 Å². The monoisotopic (exact) mass is 282 g/mol. The Morgan fingerprint density at radius 1 is 1.47 bits per heavy atom. The fourth-order valence-electron chi connectivity index (χ4n) is 2.75. The van der Waals surface area contributed by atoms with Crippen LogP contribution < -0.4 is 5.32 Å². The van der Waals surface area contributed by atoms with Crippen LogP contribution in [0.2, 0.25) is 5.02 Å². The molecule has 0 radical (unpaired) electrons. The highest BCUT2D eigenvalue weighted by molar-refractivity contribution is 6.31. The first kappa shape index (κ1) is 14.8. The molecule has 1 aliphatic heterocycles. The number of nitrogens with one attached hydrogen (secondary N) is 1. The summed E-state index contributed by atoms with van der Waals surface area (Å²) in [6.07, 6.45) is 7.81. The van der Waals surface area contributed by atoms with Gasteiger partial charge in [0.05, 0.1) is 10.6 Å². The summed E-state index contributed by atoms with van der Waals surface area (Å²) in [7, 11) is 0. The predicted octanol–water partition coefficient (Wildman–Crippen LogP) is 3.56. The average Bonchev–Trinajstić information content (AvgIpc) is 2.46. The number of rotatable bonds is 5. The number of aromatic nitrogens is 1. The van der Waals surface area contributed by atoms with Crippen molar-refractivity contribution >= 4 is 11.6 Å². The fourth-order valence-corrected chi connectivity index (χ4v) is 2.93. The van der Waals surface area contributed by atoms with E-state index < -0.39 is 0 Å². The SMILES string of the molecule is CCC1(CC)CC(NCc2ccncc2Cl)CCO1. The second kappa shape index (κ2) is 6.69. The molecule has 2 rings (SSSR count). The van der Waals surface area contributed by atoms with Gasteiger partial charge in [0.25, 0.3) is 0 Å². The van der Waals surface area contributed by atoms with Gasteiger partial charge in [0, 0.05) is 31.6 Å². The molecule has 19 heavy (non-hydrogen) atoms. The first-order valence-corrected chi connectivity index (χ1v) is 7.52. The Balaban J connectivity index is 1.91. The summed E-state index contributed by atoms with van der Waals surface area (Å²) in [5, 5.41) is 4.35. The number of pyridine rings is 1. The Kier molecular flexibility index (Phi) is 5.20. The van der Waals surface area contributed by atoms with Crippen LogP contribution in [0.3, 0.4) is 0 Å². The van der Waals surface area contributed by atoms with Crippen molar-refractivity contribution in [3.05, 3.63) is 29.0 Å². The first-order chi connectivity index (χ1) is 9.19. The smallest absolute Gasteiger partial charge is 0.0692 e. The van der Waals surface area contributed by atoms with Crippen LogP contribution in [-0.4, -0.2) is 23.2 Å². The van der Waals surface area contributed by atoms with Gasteiger partial charge in [-0.25, -0.2) is 0 Å². The summed E-state index contributed by atoms with van der Waals surface area (Å²) in [4.78, 5) is 4.01. The molecule has 0 saturated carbocycles. The molecule has 3 nitrogen and oxygen atoms in total. The van der Waals surface area contributed by atoms with Gasteiger partial charge in [0.2, 0.25) is 0 Å². The van der Waals surface area contributed by atoms with Crippen LogP contribution >= 0.6 is 11.6 Å². The van der Waals surface area contributed by atoms with Crippen molar-refractivity contribution in [2.45, 2.75) is 57.7 Å². The van der Waals surface area contributed by atoms with Crippen molar-refractivity contribution in [2.24, 2.45) is 0 Å². The topological polar surface area (TPSA) is 34.2 Å². The van der Waals surface area contributed by atoms with Crippen LogP contribution in [0.4, 0.5) is 0 Å². The molecule has 1 aromatic heterocycles. The number of nitrogens with zero attached hydrogens (tertiary/aromatic N) is 1. The highest BCUT2D eigenvalue weighted by atomic mass is 35.5. The normalized spacial score (nSPS) is 22.4. The molecule has 0 aliphatic carbocycles. The van der Waals surface area contributed by atoms with Crippen molar-refractivity contribution in [3.8, 4) is 0 Å². The van der Waals surface area contributed by atoms with E-state index >= 15 is 0 Å². The molecule has 0 aromatic carbocycles. The third-order valence-corrected chi connectivity index (χ3v) is 4.56. The largest absolute Gasteiger partial charge is 0.375 e. The minimum Gasteiger partial charge on any atom is -0.375 e. The van der Waals surface area contributed by atoms with Crippen LogP contribution in [-0.2, 0) is 11.3 Å². The van der Waals surface area contributed by atoms with Gasteiger partial charge in [-0.05, 0) is 37.3 Å². The van der Waals surface area contributed by atoms with Gasteiger partial charge in [-0.3, -0.25) is 4.98 Å². The Hall–Kier alpha value is -0.640. The highest BCUT2D eigenvalue weighted by Crippen LogP contribution is 2.31. The van der Waals surface area contributed by atoms with E-state index in [0.717, 1.165) is 49.4 Å². The van der Waals surface area contributed by atoms with Gasteiger partial charge in [-0.1, -0.05) is 25.4 Å². The molecule has 106 valence electrons. The van der Waals surface area contributed by atoms with Gasteiger partial charge in [-0.15, -0.1) is 0 Å². The lowest BCUT2D eigenvalue weighted by atomic mass is 9.86. The van der Waals surface area contributed by atoms with Crippen molar-refractivity contribution in [3.63, 3.8) is 0 Å². The third-order valence-electron chi connectivity index (χ3n) is 4.22. The number of halogens is 1. The summed E-state index contributed by atoms with van der Waals surface area (Å²) >= 11 is 6.13. The van der Waals surface area contributed by atoms with Gasteiger partial charge in [0.15, 0.2) is 0 Å². The molecule has 2 heterocycles. The van der Waals surface area contributed by atoms with E-state index in [1.54, 1.807) is 12.4 Å². The lowest BCUT2D eigenvalue weighted by Gasteiger charge is -2.40. The zero-order valence-electron chi connectivity index (χ0n) is 11.8. The highest BCUT2D eigenvalue weighted by Gasteiger charge is 2.34. The Morgan fingerprint density at radius 3 is 2.95 bits per heavy atom. The summed E-state index contributed by atoms with van der Waals surface area (Å²) in [5.41, 5.74) is 1.18. The third kappa shape index (κ3) is 3.68.